The summed E-state index contributed by atoms with van der Waals surface area (Å²) in [5, 5.41) is 4.71. The molecule has 29 heavy (non-hydrogen) atoms. The van der Waals surface area contributed by atoms with Gasteiger partial charge in [0, 0.05) is 18.8 Å². The van der Waals surface area contributed by atoms with Crippen LogP contribution in [0.4, 0.5) is 5.69 Å². The van der Waals surface area contributed by atoms with Gasteiger partial charge in [0.2, 0.25) is 10.0 Å². The summed E-state index contributed by atoms with van der Waals surface area (Å²) < 4.78 is 31.9. The second-order valence-electron chi connectivity index (χ2n) is 6.47. The number of nitrogens with one attached hydrogen (secondary N) is 1. The Labute approximate surface area is 171 Å². The molecule has 0 fully saturated rings. The number of benzene rings is 3. The number of nitrogens with zero attached hydrogens (tertiary/aromatic N) is 1. The summed E-state index contributed by atoms with van der Waals surface area (Å²) in [4.78, 5) is 13.0. The number of ether oxygens (including phenoxy) is 1. The number of hydrogen-bond donors (Lipinski definition) is 1. The summed E-state index contributed by atoms with van der Waals surface area (Å²) in [6.45, 7) is 4.40. The number of methoxy groups -OCH3 is 1. The van der Waals surface area contributed by atoms with E-state index in [0.29, 0.717) is 30.1 Å². The molecule has 0 saturated carbocycles. The largest absolute Gasteiger partial charge is 0.496 e. The van der Waals surface area contributed by atoms with Crippen molar-refractivity contribution in [3.05, 3.63) is 66.2 Å². The van der Waals surface area contributed by atoms with Crippen LogP contribution in [0.25, 0.3) is 10.8 Å². The molecule has 0 aliphatic carbocycles. The molecule has 0 aliphatic heterocycles. The third-order valence-electron chi connectivity index (χ3n) is 4.77. The predicted octanol–water partition coefficient (Wildman–Crippen LogP) is 4.13. The SMILES string of the molecule is CCN(CC)S(=O)(=O)c1ccc(NC(=O)c2cc3ccccc3cc2OC)cc1. The molecule has 1 N–H and O–H groups in total. The predicted molar refractivity (Wildman–Crippen MR) is 115 cm³/mol. The summed E-state index contributed by atoms with van der Waals surface area (Å²) in [7, 11) is -2.01. The van der Waals surface area contributed by atoms with Gasteiger partial charge < -0.3 is 10.1 Å². The van der Waals surface area contributed by atoms with Crippen molar-refractivity contribution in [2.24, 2.45) is 0 Å². The minimum Gasteiger partial charge on any atom is -0.496 e. The van der Waals surface area contributed by atoms with Gasteiger partial charge in [0.1, 0.15) is 5.75 Å². The first-order valence-electron chi connectivity index (χ1n) is 9.39. The van der Waals surface area contributed by atoms with Crippen molar-refractivity contribution < 1.29 is 17.9 Å². The maximum absolute atomic E-state index is 12.8. The van der Waals surface area contributed by atoms with Gasteiger partial charge in [-0.3, -0.25) is 4.79 Å². The Morgan fingerprint density at radius 2 is 1.55 bits per heavy atom. The van der Waals surface area contributed by atoms with Gasteiger partial charge in [-0.1, -0.05) is 38.1 Å². The third-order valence-corrected chi connectivity index (χ3v) is 6.83. The van der Waals surface area contributed by atoms with Crippen LogP contribution in [-0.2, 0) is 10.0 Å². The number of anilines is 1. The van der Waals surface area contributed by atoms with Crippen molar-refractivity contribution in [1.29, 1.82) is 0 Å². The van der Waals surface area contributed by atoms with Crippen molar-refractivity contribution in [3.8, 4) is 5.75 Å². The van der Waals surface area contributed by atoms with Crippen LogP contribution in [0.3, 0.4) is 0 Å². The lowest BCUT2D eigenvalue weighted by Gasteiger charge is -2.18. The normalized spacial score (nSPS) is 11.6. The maximum Gasteiger partial charge on any atom is 0.259 e. The Balaban J connectivity index is 1.85. The highest BCUT2D eigenvalue weighted by Gasteiger charge is 2.21. The topological polar surface area (TPSA) is 75.7 Å². The second-order valence-corrected chi connectivity index (χ2v) is 8.41. The molecule has 3 rings (SSSR count). The highest BCUT2D eigenvalue weighted by Crippen LogP contribution is 2.27. The van der Waals surface area contributed by atoms with E-state index in [1.165, 1.54) is 23.5 Å². The zero-order chi connectivity index (χ0) is 21.0. The summed E-state index contributed by atoms with van der Waals surface area (Å²) in [6.07, 6.45) is 0. The number of sulfonamides is 1. The van der Waals surface area contributed by atoms with E-state index in [4.69, 9.17) is 4.74 Å². The lowest BCUT2D eigenvalue weighted by Crippen LogP contribution is -2.30. The lowest BCUT2D eigenvalue weighted by molar-refractivity contribution is 0.102. The van der Waals surface area contributed by atoms with Crippen LogP contribution in [0, 0.1) is 0 Å². The molecule has 0 spiro atoms. The van der Waals surface area contributed by atoms with Gasteiger partial charge in [0.05, 0.1) is 17.6 Å². The number of carbonyl (C=O) groups excluding carboxylic acids is 1. The molecule has 152 valence electrons. The molecule has 0 aliphatic rings. The van der Waals surface area contributed by atoms with Crippen LogP contribution >= 0.6 is 0 Å². The molecule has 3 aromatic carbocycles. The van der Waals surface area contributed by atoms with Crippen LogP contribution in [0.1, 0.15) is 24.2 Å². The number of amides is 1. The second kappa shape index (κ2) is 8.63. The lowest BCUT2D eigenvalue weighted by atomic mass is 10.1. The average Bonchev–Trinajstić information content (AvgIpc) is 2.73. The van der Waals surface area contributed by atoms with E-state index in [-0.39, 0.29) is 10.8 Å². The Hall–Kier alpha value is -2.90. The first-order chi connectivity index (χ1) is 13.9. The summed E-state index contributed by atoms with van der Waals surface area (Å²) in [6, 6.07) is 17.5. The fraction of sp³-hybridized carbons (Fsp3) is 0.227. The monoisotopic (exact) mass is 412 g/mol. The minimum atomic E-state index is -3.53. The van der Waals surface area contributed by atoms with Crippen LogP contribution in [0.2, 0.25) is 0 Å². The molecule has 1 amide bonds. The summed E-state index contributed by atoms with van der Waals surface area (Å²) in [5.74, 6) is 0.147. The van der Waals surface area contributed by atoms with E-state index >= 15 is 0 Å². The Kier molecular flexibility index (Phi) is 6.20. The molecule has 0 heterocycles. The Morgan fingerprint density at radius 3 is 2.10 bits per heavy atom. The van der Waals surface area contributed by atoms with Crippen molar-refractivity contribution in [1.82, 2.24) is 4.31 Å². The highest BCUT2D eigenvalue weighted by molar-refractivity contribution is 7.89. The van der Waals surface area contributed by atoms with Gasteiger partial charge in [0.25, 0.3) is 5.91 Å². The van der Waals surface area contributed by atoms with Crippen molar-refractivity contribution in [2.45, 2.75) is 18.7 Å². The third kappa shape index (κ3) is 4.26. The van der Waals surface area contributed by atoms with Crippen LogP contribution < -0.4 is 10.1 Å². The molecular formula is C22H24N2O4S. The van der Waals surface area contributed by atoms with Crippen molar-refractivity contribution in [3.63, 3.8) is 0 Å². The average molecular weight is 413 g/mol. The van der Waals surface area contributed by atoms with E-state index in [1.54, 1.807) is 32.0 Å². The van der Waals surface area contributed by atoms with Gasteiger partial charge in [0.15, 0.2) is 0 Å². The zero-order valence-electron chi connectivity index (χ0n) is 16.7. The first kappa shape index (κ1) is 20.8. The standard InChI is InChI=1S/C22H24N2O4S/c1-4-24(5-2)29(26,27)19-12-10-18(11-13-19)23-22(25)20-14-16-8-6-7-9-17(16)15-21(20)28-3/h6-15H,4-5H2,1-3H3,(H,23,25). The molecule has 3 aromatic rings. The zero-order valence-corrected chi connectivity index (χ0v) is 17.5. The fourth-order valence-corrected chi connectivity index (χ4v) is 4.64. The number of hydrogen-bond acceptors (Lipinski definition) is 4. The first-order valence-corrected chi connectivity index (χ1v) is 10.8. The van der Waals surface area contributed by atoms with Gasteiger partial charge >= 0.3 is 0 Å². The fourth-order valence-electron chi connectivity index (χ4n) is 3.19. The Morgan fingerprint density at radius 1 is 0.966 bits per heavy atom. The number of rotatable bonds is 7. The molecule has 0 radical (unpaired) electrons. The van der Waals surface area contributed by atoms with Crippen LogP contribution in [-0.4, -0.2) is 38.8 Å². The van der Waals surface area contributed by atoms with Crippen molar-refractivity contribution in [2.75, 3.05) is 25.5 Å². The molecular weight excluding hydrogens is 388 g/mol. The highest BCUT2D eigenvalue weighted by atomic mass is 32.2. The van der Waals surface area contributed by atoms with E-state index in [1.807, 2.05) is 30.3 Å². The van der Waals surface area contributed by atoms with Gasteiger partial charge in [-0.25, -0.2) is 8.42 Å². The molecule has 6 nitrogen and oxygen atoms in total. The van der Waals surface area contributed by atoms with E-state index in [0.717, 1.165) is 10.8 Å². The minimum absolute atomic E-state index is 0.197. The molecule has 0 saturated heterocycles. The maximum atomic E-state index is 12.8. The van der Waals surface area contributed by atoms with Gasteiger partial charge in [-0.15, -0.1) is 0 Å². The van der Waals surface area contributed by atoms with Gasteiger partial charge in [-0.2, -0.15) is 4.31 Å². The molecule has 0 bridgehead atoms. The summed E-state index contributed by atoms with van der Waals surface area (Å²) in [5.41, 5.74) is 0.912. The van der Waals surface area contributed by atoms with E-state index in [2.05, 4.69) is 5.32 Å². The number of carbonyl (C=O) groups is 1. The Bertz CT molecular complexity index is 1120. The molecule has 0 aromatic heterocycles. The molecule has 0 atom stereocenters. The van der Waals surface area contributed by atoms with Crippen LogP contribution in [0.5, 0.6) is 5.75 Å². The van der Waals surface area contributed by atoms with Crippen molar-refractivity contribution >= 4 is 32.4 Å². The van der Waals surface area contributed by atoms with Gasteiger partial charge in [-0.05, 0) is 47.2 Å². The summed E-state index contributed by atoms with van der Waals surface area (Å²) >= 11 is 0. The smallest absolute Gasteiger partial charge is 0.259 e. The number of fused-ring (bicyclic) bond motifs is 1. The van der Waals surface area contributed by atoms with E-state index in [9.17, 15) is 13.2 Å². The van der Waals surface area contributed by atoms with Crippen LogP contribution in [0.15, 0.2) is 65.6 Å². The molecule has 0 unspecified atom stereocenters. The van der Waals surface area contributed by atoms with E-state index < -0.39 is 10.0 Å². The molecule has 7 heteroatoms. The quantitative estimate of drug-likeness (QED) is 0.633.